The highest BCUT2D eigenvalue weighted by Crippen LogP contribution is 2.28. The van der Waals surface area contributed by atoms with Crippen LogP contribution in [0.4, 0.5) is 11.4 Å². The van der Waals surface area contributed by atoms with Crippen LogP contribution < -0.4 is 15.4 Å². The van der Waals surface area contributed by atoms with Crippen molar-refractivity contribution in [2.75, 3.05) is 43.9 Å². The van der Waals surface area contributed by atoms with Gasteiger partial charge in [0.15, 0.2) is 0 Å². The Hall–Kier alpha value is -0.690. The van der Waals surface area contributed by atoms with Crippen LogP contribution in [0.5, 0.6) is 5.75 Å². The quantitative estimate of drug-likeness (QED) is 0.509. The molecule has 0 atom stereocenters. The Balaban J connectivity index is 2.14. The molecule has 0 aromatic heterocycles. The Morgan fingerprint density at radius 3 is 2.56 bits per heavy atom. The number of anilines is 2. The first kappa shape index (κ1) is 11.8. The van der Waals surface area contributed by atoms with Crippen molar-refractivity contribution >= 4 is 34.2 Å². The van der Waals surface area contributed by atoms with Crippen molar-refractivity contribution in [3.05, 3.63) is 18.2 Å². The summed E-state index contributed by atoms with van der Waals surface area (Å²) in [5.41, 5.74) is 7.68. The number of methoxy groups -OCH3 is 1. The Kier molecular flexibility index (Phi) is 3.75. The average Bonchev–Trinajstić information content (AvgIpc) is 2.31. The molecule has 0 saturated carbocycles. The molecule has 1 aromatic carbocycles. The zero-order valence-electron chi connectivity index (χ0n) is 9.32. The van der Waals surface area contributed by atoms with E-state index in [1.54, 1.807) is 7.11 Å². The van der Waals surface area contributed by atoms with Gasteiger partial charge < -0.3 is 15.4 Å². The monoisotopic (exact) mass is 333 g/mol. The van der Waals surface area contributed by atoms with Gasteiger partial charge in [-0.25, -0.2) is 3.11 Å². The van der Waals surface area contributed by atoms with E-state index >= 15 is 0 Å². The fourth-order valence-electron chi connectivity index (χ4n) is 1.84. The minimum absolute atomic E-state index is 0.693. The largest absolute Gasteiger partial charge is 0.495 e. The minimum Gasteiger partial charge on any atom is -0.495 e. The molecule has 0 spiro atoms. The molecule has 1 saturated heterocycles. The molecule has 1 fully saturated rings. The summed E-state index contributed by atoms with van der Waals surface area (Å²) in [6, 6.07) is 5.98. The highest BCUT2D eigenvalue weighted by Gasteiger charge is 2.15. The van der Waals surface area contributed by atoms with E-state index in [9.17, 15) is 0 Å². The molecule has 0 amide bonds. The number of hydrogen-bond acceptors (Lipinski definition) is 4. The van der Waals surface area contributed by atoms with Gasteiger partial charge in [-0.3, -0.25) is 0 Å². The molecule has 4 nitrogen and oxygen atoms in total. The maximum absolute atomic E-state index is 5.80. The fraction of sp³-hybridized carbons (Fsp3) is 0.455. The maximum atomic E-state index is 5.80. The predicted octanol–water partition coefficient (Wildman–Crippen LogP) is 1.75. The SMILES string of the molecule is COc1cc(N2CCN(I)CC2)ccc1N. The van der Waals surface area contributed by atoms with Gasteiger partial charge in [0.2, 0.25) is 0 Å². The third-order valence-corrected chi connectivity index (χ3v) is 3.77. The second kappa shape index (κ2) is 5.09. The third kappa shape index (κ3) is 2.52. The Morgan fingerprint density at radius 2 is 1.94 bits per heavy atom. The lowest BCUT2D eigenvalue weighted by molar-refractivity contribution is 0.416. The average molecular weight is 333 g/mol. The van der Waals surface area contributed by atoms with Crippen LogP contribution >= 0.6 is 22.9 Å². The van der Waals surface area contributed by atoms with Gasteiger partial charge in [0.1, 0.15) is 5.75 Å². The molecular formula is C11H16IN3O. The molecule has 1 aliphatic heterocycles. The van der Waals surface area contributed by atoms with Crippen LogP contribution in [0.15, 0.2) is 18.2 Å². The van der Waals surface area contributed by atoms with E-state index in [2.05, 4.69) is 36.9 Å². The Morgan fingerprint density at radius 1 is 1.25 bits per heavy atom. The highest BCUT2D eigenvalue weighted by molar-refractivity contribution is 14.1. The second-order valence-corrected chi connectivity index (χ2v) is 5.19. The van der Waals surface area contributed by atoms with Crippen LogP contribution in [0.2, 0.25) is 0 Å². The molecule has 1 aromatic rings. The standard InChI is InChI=1S/C11H16IN3O/c1-16-11-8-9(2-3-10(11)13)14-4-6-15(12)7-5-14/h2-3,8H,4-7,13H2,1H3. The number of piperazine rings is 1. The summed E-state index contributed by atoms with van der Waals surface area (Å²) < 4.78 is 7.54. The van der Waals surface area contributed by atoms with Crippen LogP contribution in [-0.2, 0) is 0 Å². The first-order valence-electron chi connectivity index (χ1n) is 5.30. The third-order valence-electron chi connectivity index (χ3n) is 2.81. The van der Waals surface area contributed by atoms with Gasteiger partial charge >= 0.3 is 0 Å². The Bertz CT molecular complexity index is 364. The van der Waals surface area contributed by atoms with Crippen molar-refractivity contribution in [2.45, 2.75) is 0 Å². The predicted molar refractivity (Wildman–Crippen MR) is 75.2 cm³/mol. The van der Waals surface area contributed by atoms with Crippen LogP contribution in [0.25, 0.3) is 0 Å². The van der Waals surface area contributed by atoms with Crippen molar-refractivity contribution < 1.29 is 4.74 Å². The second-order valence-electron chi connectivity index (χ2n) is 3.82. The van der Waals surface area contributed by atoms with E-state index in [1.807, 2.05) is 12.1 Å². The zero-order chi connectivity index (χ0) is 11.5. The van der Waals surface area contributed by atoms with E-state index in [1.165, 1.54) is 5.69 Å². The number of benzene rings is 1. The van der Waals surface area contributed by atoms with Gasteiger partial charge in [0.25, 0.3) is 0 Å². The molecule has 88 valence electrons. The van der Waals surface area contributed by atoms with Gasteiger partial charge in [-0.15, -0.1) is 0 Å². The van der Waals surface area contributed by atoms with Crippen molar-refractivity contribution in [3.8, 4) is 5.75 Å². The molecule has 1 heterocycles. The number of halogens is 1. The molecule has 5 heteroatoms. The van der Waals surface area contributed by atoms with E-state index in [0.717, 1.165) is 31.9 Å². The number of nitrogen functional groups attached to an aromatic ring is 1. The lowest BCUT2D eigenvalue weighted by Gasteiger charge is -2.33. The van der Waals surface area contributed by atoms with E-state index in [-0.39, 0.29) is 0 Å². The topological polar surface area (TPSA) is 41.7 Å². The first-order valence-corrected chi connectivity index (χ1v) is 6.26. The summed E-state index contributed by atoms with van der Waals surface area (Å²) in [5.74, 6) is 0.759. The van der Waals surface area contributed by atoms with Crippen molar-refractivity contribution in [3.63, 3.8) is 0 Å². The number of rotatable bonds is 2. The molecule has 0 aliphatic carbocycles. The Labute approximate surface area is 110 Å². The van der Waals surface area contributed by atoms with Gasteiger partial charge in [-0.2, -0.15) is 0 Å². The molecule has 0 radical (unpaired) electrons. The van der Waals surface area contributed by atoms with Crippen molar-refractivity contribution in [2.24, 2.45) is 0 Å². The lowest BCUT2D eigenvalue weighted by Crippen LogP contribution is -2.42. The van der Waals surface area contributed by atoms with E-state index < -0.39 is 0 Å². The number of hydrogen-bond donors (Lipinski definition) is 1. The lowest BCUT2D eigenvalue weighted by atomic mass is 10.2. The molecule has 0 unspecified atom stereocenters. The maximum Gasteiger partial charge on any atom is 0.143 e. The van der Waals surface area contributed by atoms with Gasteiger partial charge in [-0.1, -0.05) is 0 Å². The summed E-state index contributed by atoms with van der Waals surface area (Å²) in [6.07, 6.45) is 0. The minimum atomic E-state index is 0.693. The van der Waals surface area contributed by atoms with Crippen LogP contribution in [-0.4, -0.2) is 36.4 Å². The zero-order valence-corrected chi connectivity index (χ0v) is 11.5. The van der Waals surface area contributed by atoms with Crippen molar-refractivity contribution in [1.29, 1.82) is 0 Å². The van der Waals surface area contributed by atoms with Crippen LogP contribution in [0, 0.1) is 0 Å². The molecule has 16 heavy (non-hydrogen) atoms. The van der Waals surface area contributed by atoms with Crippen LogP contribution in [0.1, 0.15) is 0 Å². The first-order chi connectivity index (χ1) is 7.70. The van der Waals surface area contributed by atoms with E-state index in [4.69, 9.17) is 10.5 Å². The molecule has 0 bridgehead atoms. The van der Waals surface area contributed by atoms with Gasteiger partial charge in [-0.05, 0) is 12.1 Å². The summed E-state index contributed by atoms with van der Waals surface area (Å²) in [7, 11) is 1.65. The van der Waals surface area contributed by atoms with E-state index in [0.29, 0.717) is 5.69 Å². The summed E-state index contributed by atoms with van der Waals surface area (Å²) in [4.78, 5) is 2.36. The normalized spacial score (nSPS) is 17.5. The fourth-order valence-corrected chi connectivity index (χ4v) is 2.27. The van der Waals surface area contributed by atoms with Crippen LogP contribution in [0.3, 0.4) is 0 Å². The molecular weight excluding hydrogens is 317 g/mol. The van der Waals surface area contributed by atoms with Gasteiger partial charge in [0.05, 0.1) is 12.8 Å². The number of nitrogens with zero attached hydrogens (tertiary/aromatic N) is 2. The molecule has 2 N–H and O–H groups in total. The number of nitrogens with two attached hydrogens (primary N) is 1. The molecule has 2 rings (SSSR count). The van der Waals surface area contributed by atoms with Crippen molar-refractivity contribution in [1.82, 2.24) is 3.11 Å². The highest BCUT2D eigenvalue weighted by atomic mass is 127. The number of ether oxygens (including phenoxy) is 1. The summed E-state index contributed by atoms with van der Waals surface area (Å²) >= 11 is 2.37. The smallest absolute Gasteiger partial charge is 0.143 e. The van der Waals surface area contributed by atoms with Gasteiger partial charge in [0, 0.05) is 60.8 Å². The summed E-state index contributed by atoms with van der Waals surface area (Å²) in [5, 5.41) is 0. The molecule has 1 aliphatic rings. The summed E-state index contributed by atoms with van der Waals surface area (Å²) in [6.45, 7) is 4.28.